The second-order valence-corrected chi connectivity index (χ2v) is 7.64. The molecule has 27 heavy (non-hydrogen) atoms. The van der Waals surface area contributed by atoms with Crippen molar-refractivity contribution in [2.75, 3.05) is 19.0 Å². The van der Waals surface area contributed by atoms with Gasteiger partial charge in [0.25, 0.3) is 0 Å². The molecule has 0 aliphatic heterocycles. The second-order valence-electron chi connectivity index (χ2n) is 6.40. The molecule has 0 saturated heterocycles. The zero-order valence-electron chi connectivity index (χ0n) is 14.7. The van der Waals surface area contributed by atoms with Crippen molar-refractivity contribution < 1.29 is 0 Å². The average Bonchev–Trinajstić information content (AvgIpc) is 3.08. The molecule has 6 nitrogen and oxygen atoms in total. The van der Waals surface area contributed by atoms with Crippen molar-refractivity contribution in [1.29, 1.82) is 5.26 Å². The summed E-state index contributed by atoms with van der Waals surface area (Å²) < 4.78 is 3.48. The Hall–Kier alpha value is -2.76. The number of benzene rings is 2. The van der Waals surface area contributed by atoms with Crippen LogP contribution in [0.3, 0.4) is 0 Å². The molecular formula is C19H15BrN6S. The van der Waals surface area contributed by atoms with Crippen molar-refractivity contribution in [3.63, 3.8) is 0 Å². The third-order valence-corrected chi connectivity index (χ3v) is 5.47. The normalized spacial score (nSPS) is 11.0. The Morgan fingerprint density at radius 1 is 1.22 bits per heavy atom. The van der Waals surface area contributed by atoms with Gasteiger partial charge in [-0.05, 0) is 41.8 Å². The predicted molar refractivity (Wildman–Crippen MR) is 112 cm³/mol. The van der Waals surface area contributed by atoms with E-state index in [-0.39, 0.29) is 0 Å². The molecule has 4 rings (SSSR count). The maximum Gasteiger partial charge on any atom is 0.232 e. The zero-order chi connectivity index (χ0) is 19.1. The minimum atomic E-state index is 0.531. The highest BCUT2D eigenvalue weighted by Crippen LogP contribution is 2.31. The average molecular weight is 439 g/mol. The van der Waals surface area contributed by atoms with Crippen molar-refractivity contribution in [3.8, 4) is 6.07 Å². The third-order valence-electron chi connectivity index (χ3n) is 4.43. The van der Waals surface area contributed by atoms with Gasteiger partial charge in [-0.3, -0.25) is 0 Å². The fourth-order valence-electron chi connectivity index (χ4n) is 3.15. The summed E-state index contributed by atoms with van der Waals surface area (Å²) in [5.41, 5.74) is 3.76. The molecule has 0 aliphatic carbocycles. The monoisotopic (exact) mass is 438 g/mol. The summed E-state index contributed by atoms with van der Waals surface area (Å²) in [7, 11) is 3.87. The van der Waals surface area contributed by atoms with Gasteiger partial charge in [0.15, 0.2) is 0 Å². The molecule has 0 spiro atoms. The summed E-state index contributed by atoms with van der Waals surface area (Å²) in [6.45, 7) is 0. The number of hydrogen-bond acceptors (Lipinski definition) is 5. The molecule has 2 aromatic carbocycles. The molecule has 0 unspecified atom stereocenters. The van der Waals surface area contributed by atoms with Crippen LogP contribution in [0.4, 0.5) is 5.95 Å². The van der Waals surface area contributed by atoms with Crippen LogP contribution < -0.4 is 4.90 Å². The molecule has 0 amide bonds. The Bertz CT molecular complexity index is 1260. The molecule has 8 heteroatoms. The largest absolute Gasteiger partial charge is 0.347 e. The van der Waals surface area contributed by atoms with E-state index in [9.17, 15) is 0 Å². The van der Waals surface area contributed by atoms with Gasteiger partial charge in [0.2, 0.25) is 11.7 Å². The van der Waals surface area contributed by atoms with Crippen LogP contribution in [0.5, 0.6) is 0 Å². The molecule has 2 heterocycles. The van der Waals surface area contributed by atoms with Crippen LogP contribution in [0.2, 0.25) is 0 Å². The Balaban J connectivity index is 1.98. The van der Waals surface area contributed by atoms with Gasteiger partial charge >= 0.3 is 0 Å². The molecular weight excluding hydrogens is 424 g/mol. The number of aromatic amines is 1. The van der Waals surface area contributed by atoms with Gasteiger partial charge in [-0.15, -0.1) is 5.10 Å². The van der Waals surface area contributed by atoms with E-state index in [1.54, 1.807) is 0 Å². The molecule has 0 atom stereocenters. The van der Waals surface area contributed by atoms with Gasteiger partial charge in [-0.2, -0.15) is 5.26 Å². The molecule has 0 saturated carbocycles. The fourth-order valence-corrected chi connectivity index (χ4v) is 3.94. The number of halogens is 1. The molecule has 0 aliphatic rings. The minimum absolute atomic E-state index is 0.531. The Kier molecular flexibility index (Phi) is 4.42. The summed E-state index contributed by atoms with van der Waals surface area (Å²) in [6.07, 6.45) is 0.677. The van der Waals surface area contributed by atoms with Crippen molar-refractivity contribution >= 4 is 50.8 Å². The third kappa shape index (κ3) is 2.99. The smallest absolute Gasteiger partial charge is 0.232 e. The number of fused-ring (bicyclic) bond motifs is 3. The molecule has 4 aromatic rings. The van der Waals surface area contributed by atoms with Gasteiger partial charge in [0.1, 0.15) is 4.64 Å². The van der Waals surface area contributed by atoms with Crippen LogP contribution in [0.1, 0.15) is 16.7 Å². The summed E-state index contributed by atoms with van der Waals surface area (Å²) in [4.78, 5) is 6.47. The fraction of sp³-hybridized carbons (Fsp3) is 0.158. The number of nitrogens with one attached hydrogen (secondary N) is 1. The molecule has 0 bridgehead atoms. The first-order valence-electron chi connectivity index (χ1n) is 8.24. The van der Waals surface area contributed by atoms with Crippen LogP contribution >= 0.6 is 28.1 Å². The number of nitrogens with zero attached hydrogens (tertiary/aromatic N) is 5. The van der Waals surface area contributed by atoms with E-state index in [0.29, 0.717) is 22.4 Å². The van der Waals surface area contributed by atoms with E-state index in [1.165, 1.54) is 0 Å². The van der Waals surface area contributed by atoms with Crippen molar-refractivity contribution in [2.24, 2.45) is 0 Å². The number of nitriles is 1. The van der Waals surface area contributed by atoms with Crippen LogP contribution in [0, 0.1) is 16.0 Å². The molecule has 0 radical (unpaired) electrons. The number of hydrogen-bond donors (Lipinski definition) is 1. The van der Waals surface area contributed by atoms with Crippen LogP contribution in [-0.4, -0.2) is 33.7 Å². The number of H-pyrrole nitrogens is 1. The van der Waals surface area contributed by atoms with Gasteiger partial charge in [-0.1, -0.05) is 40.3 Å². The first-order chi connectivity index (χ1) is 13.0. The van der Waals surface area contributed by atoms with Gasteiger partial charge < -0.3 is 4.90 Å². The van der Waals surface area contributed by atoms with E-state index in [4.69, 9.17) is 17.5 Å². The van der Waals surface area contributed by atoms with E-state index in [1.807, 2.05) is 59.8 Å². The first kappa shape index (κ1) is 17.6. The molecule has 134 valence electrons. The van der Waals surface area contributed by atoms with Gasteiger partial charge in [0.05, 0.1) is 17.1 Å². The standard InChI is InChI=1S/C19H15BrN6S/c1-25(2)19-24-23-18-22-17(27)16-13(14(20)7-8-15(16)26(18)19)9-11-3-5-12(10-21)6-4-11/h3-8H,9H2,1-2H3,(H,22,23,27). The topological polar surface area (TPSA) is 73.0 Å². The number of anilines is 1. The maximum atomic E-state index is 9.00. The molecule has 1 N–H and O–H groups in total. The van der Waals surface area contributed by atoms with Crippen molar-refractivity contribution in [2.45, 2.75) is 6.42 Å². The predicted octanol–water partition coefficient (Wildman–Crippen LogP) is 4.23. The van der Waals surface area contributed by atoms with E-state index >= 15 is 0 Å². The van der Waals surface area contributed by atoms with E-state index < -0.39 is 0 Å². The Morgan fingerprint density at radius 2 is 1.96 bits per heavy atom. The van der Waals surface area contributed by atoms with Crippen LogP contribution in [0.25, 0.3) is 16.7 Å². The summed E-state index contributed by atoms with van der Waals surface area (Å²) >= 11 is 9.28. The van der Waals surface area contributed by atoms with Gasteiger partial charge in [0, 0.05) is 24.0 Å². The van der Waals surface area contributed by atoms with Crippen LogP contribution in [-0.2, 0) is 6.42 Å². The van der Waals surface area contributed by atoms with E-state index in [0.717, 1.165) is 32.5 Å². The number of rotatable bonds is 3. The zero-order valence-corrected chi connectivity index (χ0v) is 17.1. The van der Waals surface area contributed by atoms with Crippen molar-refractivity contribution in [3.05, 3.63) is 62.2 Å². The summed E-state index contributed by atoms with van der Waals surface area (Å²) in [6, 6.07) is 13.8. The second kappa shape index (κ2) is 6.76. The lowest BCUT2D eigenvalue weighted by Gasteiger charge is -2.14. The Morgan fingerprint density at radius 3 is 2.63 bits per heavy atom. The summed E-state index contributed by atoms with van der Waals surface area (Å²) in [5.74, 6) is 1.37. The number of aromatic nitrogens is 4. The lowest BCUT2D eigenvalue weighted by molar-refractivity contribution is 0.982. The highest BCUT2D eigenvalue weighted by atomic mass is 79.9. The lowest BCUT2D eigenvalue weighted by Crippen LogP contribution is -2.13. The van der Waals surface area contributed by atoms with E-state index in [2.05, 4.69) is 37.2 Å². The highest BCUT2D eigenvalue weighted by Gasteiger charge is 2.16. The first-order valence-corrected chi connectivity index (χ1v) is 9.44. The van der Waals surface area contributed by atoms with Crippen LogP contribution in [0.15, 0.2) is 40.9 Å². The maximum absolute atomic E-state index is 9.00. The lowest BCUT2D eigenvalue weighted by atomic mass is 10.0. The van der Waals surface area contributed by atoms with Crippen molar-refractivity contribution in [1.82, 2.24) is 19.6 Å². The Labute approximate surface area is 169 Å². The molecule has 0 fully saturated rings. The quantitative estimate of drug-likeness (QED) is 0.484. The SMILES string of the molecule is CN(C)c1n[nH]c2nc(=S)c3c(Cc4ccc(C#N)cc4)c(Br)ccc3n12. The van der Waals surface area contributed by atoms with Gasteiger partial charge in [-0.25, -0.2) is 14.5 Å². The summed E-state index contributed by atoms with van der Waals surface area (Å²) in [5, 5.41) is 17.2. The highest BCUT2D eigenvalue weighted by molar-refractivity contribution is 9.10. The minimum Gasteiger partial charge on any atom is -0.347 e. The molecule has 2 aromatic heterocycles.